The molecule has 1 radical (unpaired) electrons. The van der Waals surface area contributed by atoms with Gasteiger partial charge in [0.15, 0.2) is 5.56 Å². The first-order valence-corrected chi connectivity index (χ1v) is 5.74. The second kappa shape index (κ2) is 5.58. The molecule has 1 fully saturated rings. The highest BCUT2D eigenvalue weighted by Gasteiger charge is 2.31. The van der Waals surface area contributed by atoms with Crippen molar-refractivity contribution in [1.29, 1.82) is 0 Å². The summed E-state index contributed by atoms with van der Waals surface area (Å²) in [6.07, 6.45) is 0.646. The van der Waals surface area contributed by atoms with E-state index in [0.29, 0.717) is 18.6 Å². The third kappa shape index (κ3) is 2.65. The number of halogens is 1. The number of methoxy groups -OCH3 is 1. The maximum atomic E-state index is 5.85. The monoisotopic (exact) mass is 256 g/mol. The van der Waals surface area contributed by atoms with Crippen LogP contribution in [-0.4, -0.2) is 26.9 Å². The first kappa shape index (κ1) is 12.5. The molecule has 2 rings (SSSR count). The van der Waals surface area contributed by atoms with Crippen LogP contribution in [0.4, 0.5) is 5.69 Å². The van der Waals surface area contributed by atoms with Gasteiger partial charge in [-0.1, -0.05) is 23.7 Å². The second-order valence-corrected chi connectivity index (χ2v) is 4.13. The molecule has 1 aromatic carbocycles. The molecule has 1 heterocycles. The molecule has 1 aliphatic heterocycles. The van der Waals surface area contributed by atoms with Crippen molar-refractivity contribution in [3.8, 4) is 5.75 Å². The van der Waals surface area contributed by atoms with E-state index >= 15 is 0 Å². The third-order valence-electron chi connectivity index (χ3n) is 2.68. The van der Waals surface area contributed by atoms with E-state index < -0.39 is 0 Å². The number of para-hydroxylation sites is 2. The van der Waals surface area contributed by atoms with Gasteiger partial charge in [-0.25, -0.2) is 5.06 Å². The van der Waals surface area contributed by atoms with Crippen molar-refractivity contribution in [2.24, 2.45) is 0 Å². The lowest BCUT2D eigenvalue weighted by molar-refractivity contribution is 0.126. The van der Waals surface area contributed by atoms with Gasteiger partial charge in [-0.05, 0) is 12.1 Å². The Bertz CT molecular complexity index is 375. The Kier molecular flexibility index (Phi) is 4.10. The quantitative estimate of drug-likeness (QED) is 0.775. The number of hydrogen-bond donors (Lipinski definition) is 0. The number of nitrogens with zero attached hydrogens (tertiary/aromatic N) is 1. The minimum Gasteiger partial charge on any atom is -0.494 e. The standard InChI is InChI=1S/C12H15ClNO3/c1-15-11-6-4-3-5-10(11)14(16-2)9-7-12(13)17-8-9/h3-6,9H,7-8H2,1-2H3. The highest BCUT2D eigenvalue weighted by molar-refractivity contribution is 6.25. The SMILES string of the molecule is COc1ccccc1N(OC)C1CO[C](Cl)C1. The van der Waals surface area contributed by atoms with Gasteiger partial charge in [0.2, 0.25) is 0 Å². The van der Waals surface area contributed by atoms with Crippen LogP contribution in [0.2, 0.25) is 0 Å². The van der Waals surface area contributed by atoms with E-state index in [9.17, 15) is 0 Å². The predicted molar refractivity (Wildman–Crippen MR) is 65.9 cm³/mol. The largest absolute Gasteiger partial charge is 0.494 e. The van der Waals surface area contributed by atoms with Crippen molar-refractivity contribution in [1.82, 2.24) is 0 Å². The van der Waals surface area contributed by atoms with Gasteiger partial charge < -0.3 is 9.47 Å². The third-order valence-corrected chi connectivity index (χ3v) is 2.94. The Labute approximate surface area is 106 Å². The van der Waals surface area contributed by atoms with Crippen molar-refractivity contribution in [2.45, 2.75) is 12.5 Å². The molecule has 1 atom stereocenters. The Morgan fingerprint density at radius 1 is 1.35 bits per heavy atom. The summed E-state index contributed by atoms with van der Waals surface area (Å²) < 4.78 is 10.6. The Hall–Kier alpha value is -0.970. The molecule has 17 heavy (non-hydrogen) atoms. The van der Waals surface area contributed by atoms with Crippen LogP contribution in [0.15, 0.2) is 24.3 Å². The zero-order valence-electron chi connectivity index (χ0n) is 9.85. The van der Waals surface area contributed by atoms with Crippen LogP contribution in [0, 0.1) is 5.56 Å². The number of hydrogen-bond acceptors (Lipinski definition) is 4. The van der Waals surface area contributed by atoms with Crippen LogP contribution in [-0.2, 0) is 9.57 Å². The van der Waals surface area contributed by atoms with E-state index in [0.717, 1.165) is 11.4 Å². The van der Waals surface area contributed by atoms with Crippen molar-refractivity contribution >= 4 is 17.3 Å². The highest BCUT2D eigenvalue weighted by Crippen LogP contribution is 2.34. The van der Waals surface area contributed by atoms with Crippen molar-refractivity contribution < 1.29 is 14.3 Å². The number of hydroxylamine groups is 1. The van der Waals surface area contributed by atoms with Crippen molar-refractivity contribution in [3.05, 3.63) is 29.8 Å². The van der Waals surface area contributed by atoms with E-state index in [1.807, 2.05) is 24.3 Å². The topological polar surface area (TPSA) is 30.9 Å². The lowest BCUT2D eigenvalue weighted by atomic mass is 10.2. The van der Waals surface area contributed by atoms with Crippen LogP contribution in [0.5, 0.6) is 5.75 Å². The lowest BCUT2D eigenvalue weighted by Gasteiger charge is -2.28. The average Bonchev–Trinajstić information content (AvgIpc) is 2.77. The fourth-order valence-corrected chi connectivity index (χ4v) is 2.14. The minimum absolute atomic E-state index is 0.0730. The second-order valence-electron chi connectivity index (χ2n) is 3.70. The van der Waals surface area contributed by atoms with Crippen LogP contribution in [0.1, 0.15) is 6.42 Å². The zero-order chi connectivity index (χ0) is 12.3. The molecule has 93 valence electrons. The molecule has 0 saturated carbocycles. The van der Waals surface area contributed by atoms with E-state index in [4.69, 9.17) is 25.9 Å². The van der Waals surface area contributed by atoms with Crippen LogP contribution >= 0.6 is 11.6 Å². The predicted octanol–water partition coefficient (Wildman–Crippen LogP) is 2.58. The lowest BCUT2D eigenvalue weighted by Crippen LogP contribution is -2.34. The number of benzene rings is 1. The van der Waals surface area contributed by atoms with Gasteiger partial charge >= 0.3 is 0 Å². The molecule has 5 heteroatoms. The number of rotatable bonds is 4. The van der Waals surface area contributed by atoms with E-state index in [2.05, 4.69) is 0 Å². The van der Waals surface area contributed by atoms with E-state index in [-0.39, 0.29) is 6.04 Å². The van der Waals surface area contributed by atoms with Crippen LogP contribution < -0.4 is 9.80 Å². The van der Waals surface area contributed by atoms with Crippen LogP contribution in [0.25, 0.3) is 0 Å². The molecular weight excluding hydrogens is 242 g/mol. The molecule has 4 nitrogen and oxygen atoms in total. The van der Waals surface area contributed by atoms with Gasteiger partial charge in [0.1, 0.15) is 11.4 Å². The maximum absolute atomic E-state index is 5.85. The average molecular weight is 257 g/mol. The molecule has 0 N–H and O–H groups in total. The fourth-order valence-electron chi connectivity index (χ4n) is 1.90. The van der Waals surface area contributed by atoms with Crippen LogP contribution in [0.3, 0.4) is 0 Å². The smallest absolute Gasteiger partial charge is 0.186 e. The molecule has 0 spiro atoms. The Morgan fingerprint density at radius 2 is 2.12 bits per heavy atom. The summed E-state index contributed by atoms with van der Waals surface area (Å²) in [6.45, 7) is 0.519. The van der Waals surface area contributed by atoms with Gasteiger partial charge in [-0.15, -0.1) is 0 Å². The van der Waals surface area contributed by atoms with Crippen molar-refractivity contribution in [3.63, 3.8) is 0 Å². The summed E-state index contributed by atoms with van der Waals surface area (Å²) in [6, 6.07) is 7.76. The minimum atomic E-state index is 0.0730. The molecule has 0 bridgehead atoms. The molecule has 0 aliphatic carbocycles. The maximum Gasteiger partial charge on any atom is 0.186 e. The summed E-state index contributed by atoms with van der Waals surface area (Å²) in [5.41, 5.74) is 1.39. The first-order chi connectivity index (χ1) is 8.26. The zero-order valence-corrected chi connectivity index (χ0v) is 10.6. The first-order valence-electron chi connectivity index (χ1n) is 5.36. The van der Waals surface area contributed by atoms with E-state index in [1.165, 1.54) is 0 Å². The molecule has 1 aliphatic rings. The molecule has 1 saturated heterocycles. The summed E-state index contributed by atoms with van der Waals surface area (Å²) in [5, 5.41) is 1.77. The van der Waals surface area contributed by atoms with Gasteiger partial charge in [0, 0.05) is 6.42 Å². The Morgan fingerprint density at radius 3 is 2.71 bits per heavy atom. The normalized spacial score (nSPS) is 20.5. The summed E-state index contributed by atoms with van der Waals surface area (Å²) >= 11 is 5.85. The van der Waals surface area contributed by atoms with E-state index in [1.54, 1.807) is 19.3 Å². The van der Waals surface area contributed by atoms with Gasteiger partial charge in [0.05, 0.1) is 26.9 Å². The molecule has 1 aromatic rings. The summed E-state index contributed by atoms with van der Waals surface area (Å²) in [4.78, 5) is 5.41. The molecule has 0 aromatic heterocycles. The number of anilines is 1. The summed E-state index contributed by atoms with van der Waals surface area (Å²) in [5.74, 6) is 0.761. The van der Waals surface area contributed by atoms with Crippen molar-refractivity contribution in [2.75, 3.05) is 25.9 Å². The highest BCUT2D eigenvalue weighted by atomic mass is 35.5. The molecule has 0 amide bonds. The van der Waals surface area contributed by atoms with Gasteiger partial charge in [0.25, 0.3) is 0 Å². The molecule has 1 unspecified atom stereocenters. The Balaban J connectivity index is 2.22. The van der Waals surface area contributed by atoms with Gasteiger partial charge in [-0.2, -0.15) is 0 Å². The summed E-state index contributed by atoms with van der Waals surface area (Å²) in [7, 11) is 3.26. The van der Waals surface area contributed by atoms with Gasteiger partial charge in [-0.3, -0.25) is 4.84 Å². The number of ether oxygens (including phenoxy) is 2. The fraction of sp³-hybridized carbons (Fsp3) is 0.417. The molecular formula is C12H15ClNO3.